The highest BCUT2D eigenvalue weighted by molar-refractivity contribution is 6.00. The summed E-state index contributed by atoms with van der Waals surface area (Å²) < 4.78 is 26.1. The minimum atomic E-state index is -1.27. The first-order chi connectivity index (χ1) is 18.4. The van der Waals surface area contributed by atoms with Crippen molar-refractivity contribution in [2.45, 2.75) is 40.2 Å². The van der Waals surface area contributed by atoms with Crippen LogP contribution in [0.2, 0.25) is 0 Å². The van der Waals surface area contributed by atoms with Crippen molar-refractivity contribution in [3.8, 4) is 0 Å². The van der Waals surface area contributed by atoms with E-state index in [1.165, 1.54) is 19.2 Å². The first-order valence-corrected chi connectivity index (χ1v) is 12.5. The molecule has 0 spiro atoms. The third-order valence-electron chi connectivity index (χ3n) is 6.49. The van der Waals surface area contributed by atoms with E-state index in [2.05, 4.69) is 10.2 Å². The van der Waals surface area contributed by atoms with Gasteiger partial charge in [-0.2, -0.15) is 4.39 Å². The molecule has 0 bridgehead atoms. The van der Waals surface area contributed by atoms with Crippen molar-refractivity contribution < 1.29 is 28.4 Å². The number of carbonyl (C=O) groups excluding carboxylic acids is 2. The Balaban J connectivity index is 1.89. The molecule has 1 aliphatic heterocycles. The first-order valence-electron chi connectivity index (χ1n) is 12.5. The highest BCUT2D eigenvalue weighted by Crippen LogP contribution is 2.41. The van der Waals surface area contributed by atoms with Crippen LogP contribution in [0.1, 0.15) is 44.7 Å². The molecule has 0 amide bonds. The van der Waals surface area contributed by atoms with Crippen LogP contribution in [0, 0.1) is 21.3 Å². The molecule has 2 aromatic rings. The fourth-order valence-corrected chi connectivity index (χ4v) is 4.92. The van der Waals surface area contributed by atoms with Gasteiger partial charge in [-0.15, -0.1) is 0 Å². The number of esters is 2. The van der Waals surface area contributed by atoms with Crippen LogP contribution in [0.15, 0.2) is 71.1 Å². The van der Waals surface area contributed by atoms with Crippen LogP contribution in [0.5, 0.6) is 0 Å². The van der Waals surface area contributed by atoms with Gasteiger partial charge >= 0.3 is 17.6 Å². The zero-order valence-electron chi connectivity index (χ0n) is 23.0. The molecule has 0 saturated heterocycles. The van der Waals surface area contributed by atoms with Gasteiger partial charge in [0, 0.05) is 41.5 Å². The van der Waals surface area contributed by atoms with Crippen molar-refractivity contribution in [1.82, 2.24) is 10.2 Å². The van der Waals surface area contributed by atoms with E-state index in [0.717, 1.165) is 11.6 Å². The molecule has 10 heteroatoms. The lowest BCUT2D eigenvalue weighted by atomic mass is 9.80. The Bertz CT molecular complexity index is 1320. The zero-order valence-corrected chi connectivity index (χ0v) is 23.0. The van der Waals surface area contributed by atoms with E-state index >= 15 is 4.39 Å². The molecule has 0 radical (unpaired) electrons. The minimum Gasteiger partial charge on any atom is -0.466 e. The normalized spacial score (nSPS) is 15.7. The van der Waals surface area contributed by atoms with Gasteiger partial charge in [0.15, 0.2) is 0 Å². The summed E-state index contributed by atoms with van der Waals surface area (Å²) in [5.74, 6) is -3.96. The molecule has 1 N–H and O–H groups in total. The monoisotopic (exact) mass is 539 g/mol. The summed E-state index contributed by atoms with van der Waals surface area (Å²) in [5.41, 5.74) is 0.388. The van der Waals surface area contributed by atoms with Gasteiger partial charge in [-0.3, -0.25) is 10.1 Å². The highest BCUT2D eigenvalue weighted by Gasteiger charge is 2.41. The van der Waals surface area contributed by atoms with Gasteiger partial charge in [0.25, 0.3) is 0 Å². The van der Waals surface area contributed by atoms with Gasteiger partial charge < -0.3 is 19.7 Å². The van der Waals surface area contributed by atoms with Crippen molar-refractivity contribution in [2.75, 3.05) is 27.3 Å². The Morgan fingerprint density at radius 1 is 1.05 bits per heavy atom. The number of ether oxygens (including phenoxy) is 2. The maximum atomic E-state index is 15.4. The number of rotatable bonds is 10. The standard InChI is InChI=1S/C29H34FN3O6/c1-18-23(27(34)38-6)25(21-13-10-14-22(26(21)30)33(36)37)24(19(2)31-18)28(35)39-17-29(3,4)16-32(5)15-20-11-8-7-9-12-20/h7-14,25,31H,15-17H2,1-6H3. The molecule has 2 aromatic carbocycles. The first kappa shape index (κ1) is 29.5. The van der Waals surface area contributed by atoms with Crippen molar-refractivity contribution >= 4 is 17.6 Å². The number of carbonyl (C=O) groups is 2. The number of dihydropyridines is 1. The lowest BCUT2D eigenvalue weighted by Crippen LogP contribution is -2.37. The summed E-state index contributed by atoms with van der Waals surface area (Å²) in [7, 11) is 3.15. The second kappa shape index (κ2) is 12.2. The third kappa shape index (κ3) is 6.88. The molecule has 0 fully saturated rings. The summed E-state index contributed by atoms with van der Waals surface area (Å²) in [6, 6.07) is 13.6. The van der Waals surface area contributed by atoms with Crippen molar-refractivity contribution in [3.05, 3.63) is 98.1 Å². The van der Waals surface area contributed by atoms with Crippen LogP contribution in [0.25, 0.3) is 0 Å². The van der Waals surface area contributed by atoms with E-state index in [1.807, 2.05) is 51.2 Å². The van der Waals surface area contributed by atoms with Gasteiger partial charge in [0.05, 0.1) is 35.7 Å². The number of hydrogen-bond donors (Lipinski definition) is 1. The predicted octanol–water partition coefficient (Wildman–Crippen LogP) is 4.84. The number of nitro groups is 1. The number of nitro benzene ring substituents is 1. The van der Waals surface area contributed by atoms with Crippen LogP contribution < -0.4 is 5.32 Å². The smallest absolute Gasteiger partial charge is 0.336 e. The number of benzene rings is 2. The molecule has 39 heavy (non-hydrogen) atoms. The molecule has 3 rings (SSSR count). The van der Waals surface area contributed by atoms with Crippen LogP contribution >= 0.6 is 0 Å². The average Bonchev–Trinajstić information content (AvgIpc) is 2.86. The number of nitrogens with one attached hydrogen (secondary N) is 1. The van der Waals surface area contributed by atoms with Gasteiger partial charge in [0.1, 0.15) is 0 Å². The van der Waals surface area contributed by atoms with Crippen LogP contribution in [0.4, 0.5) is 10.1 Å². The number of allylic oxidation sites excluding steroid dienone is 2. The molecule has 9 nitrogen and oxygen atoms in total. The Hall–Kier alpha value is -4.05. The van der Waals surface area contributed by atoms with Crippen molar-refractivity contribution in [2.24, 2.45) is 5.41 Å². The van der Waals surface area contributed by atoms with Gasteiger partial charge in [-0.25, -0.2) is 9.59 Å². The SMILES string of the molecule is COC(=O)C1=C(C)NC(C)=C(C(=O)OCC(C)(C)CN(C)Cc2ccccc2)C1c1cccc([N+](=O)[O-])c1F. The average molecular weight is 540 g/mol. The maximum absolute atomic E-state index is 15.4. The number of hydrogen-bond acceptors (Lipinski definition) is 8. The molecule has 0 saturated carbocycles. The van der Waals surface area contributed by atoms with Gasteiger partial charge in [-0.05, 0) is 26.5 Å². The summed E-state index contributed by atoms with van der Waals surface area (Å²) in [6.45, 7) is 8.49. The Labute approximate surface area is 227 Å². The zero-order chi connectivity index (χ0) is 28.9. The van der Waals surface area contributed by atoms with Gasteiger partial charge in [0.2, 0.25) is 5.82 Å². The number of halogens is 1. The van der Waals surface area contributed by atoms with E-state index in [4.69, 9.17) is 9.47 Å². The maximum Gasteiger partial charge on any atom is 0.336 e. The van der Waals surface area contributed by atoms with Crippen LogP contribution in [-0.2, 0) is 25.6 Å². The summed E-state index contributed by atoms with van der Waals surface area (Å²) in [5, 5.41) is 14.4. The molecule has 1 atom stereocenters. The fourth-order valence-electron chi connectivity index (χ4n) is 4.92. The quantitative estimate of drug-likeness (QED) is 0.259. The minimum absolute atomic E-state index is 0.0196. The van der Waals surface area contributed by atoms with Crippen LogP contribution in [-0.4, -0.2) is 49.1 Å². The second-order valence-corrected chi connectivity index (χ2v) is 10.5. The molecular weight excluding hydrogens is 505 g/mol. The number of methoxy groups -OCH3 is 1. The lowest BCUT2D eigenvalue weighted by molar-refractivity contribution is -0.387. The lowest BCUT2D eigenvalue weighted by Gasteiger charge is -2.32. The van der Waals surface area contributed by atoms with E-state index in [-0.39, 0.29) is 23.3 Å². The molecule has 0 aromatic heterocycles. The summed E-state index contributed by atoms with van der Waals surface area (Å²) >= 11 is 0. The summed E-state index contributed by atoms with van der Waals surface area (Å²) in [6.07, 6.45) is 0. The Kier molecular flexibility index (Phi) is 9.24. The van der Waals surface area contributed by atoms with E-state index in [0.29, 0.717) is 24.5 Å². The van der Waals surface area contributed by atoms with E-state index in [9.17, 15) is 19.7 Å². The summed E-state index contributed by atoms with van der Waals surface area (Å²) in [4.78, 5) is 39.0. The second-order valence-electron chi connectivity index (χ2n) is 10.5. The predicted molar refractivity (Wildman–Crippen MR) is 144 cm³/mol. The van der Waals surface area contributed by atoms with Crippen molar-refractivity contribution in [3.63, 3.8) is 0 Å². The molecule has 208 valence electrons. The fraction of sp³-hybridized carbons (Fsp3) is 0.379. The molecular formula is C29H34FN3O6. The molecule has 0 aliphatic carbocycles. The number of nitrogens with zero attached hydrogens (tertiary/aromatic N) is 2. The van der Waals surface area contributed by atoms with Gasteiger partial charge in [-0.1, -0.05) is 56.3 Å². The Morgan fingerprint density at radius 3 is 2.26 bits per heavy atom. The van der Waals surface area contributed by atoms with Crippen molar-refractivity contribution in [1.29, 1.82) is 0 Å². The molecule has 1 unspecified atom stereocenters. The van der Waals surface area contributed by atoms with Crippen LogP contribution in [0.3, 0.4) is 0 Å². The molecule has 1 heterocycles. The highest BCUT2D eigenvalue weighted by atomic mass is 19.1. The third-order valence-corrected chi connectivity index (χ3v) is 6.49. The largest absolute Gasteiger partial charge is 0.466 e. The Morgan fingerprint density at radius 2 is 1.67 bits per heavy atom. The van der Waals surface area contributed by atoms with E-state index in [1.54, 1.807) is 13.8 Å². The topological polar surface area (TPSA) is 111 Å². The molecule has 1 aliphatic rings. The van der Waals surface area contributed by atoms with E-state index < -0.39 is 39.7 Å².